The summed E-state index contributed by atoms with van der Waals surface area (Å²) in [6, 6.07) is 2.85. The van der Waals surface area contributed by atoms with Gasteiger partial charge in [0.05, 0.1) is 24.0 Å². The van der Waals surface area contributed by atoms with Crippen molar-refractivity contribution in [1.82, 2.24) is 19.7 Å². The van der Waals surface area contributed by atoms with E-state index in [1.165, 1.54) is 23.3 Å². The molecule has 0 amide bonds. The van der Waals surface area contributed by atoms with Gasteiger partial charge < -0.3 is 14.9 Å². The standard InChI is InChI=1S/C9H9N5O3/c1-2-17-9-5-8(10-6-11-9)13-4-3-7(12-13)14(15)16/h3-6H,2H2,1H3. The summed E-state index contributed by atoms with van der Waals surface area (Å²) in [6.45, 7) is 2.32. The molecule has 0 unspecified atom stereocenters. The highest BCUT2D eigenvalue weighted by atomic mass is 16.6. The second-order valence-corrected chi connectivity index (χ2v) is 3.02. The Morgan fingerprint density at radius 1 is 1.53 bits per heavy atom. The molecule has 0 fully saturated rings. The van der Waals surface area contributed by atoms with Crippen molar-refractivity contribution in [3.05, 3.63) is 34.8 Å². The van der Waals surface area contributed by atoms with E-state index in [1.54, 1.807) is 6.07 Å². The number of nitro groups is 1. The fourth-order valence-electron chi connectivity index (χ4n) is 1.22. The van der Waals surface area contributed by atoms with Crippen LogP contribution in [0.15, 0.2) is 24.7 Å². The summed E-state index contributed by atoms with van der Waals surface area (Å²) >= 11 is 0. The minimum absolute atomic E-state index is 0.235. The Morgan fingerprint density at radius 3 is 3.00 bits per heavy atom. The highest BCUT2D eigenvalue weighted by molar-refractivity contribution is 5.28. The van der Waals surface area contributed by atoms with Gasteiger partial charge in [0.15, 0.2) is 5.82 Å². The Bertz CT molecular complexity index is 539. The van der Waals surface area contributed by atoms with Crippen molar-refractivity contribution >= 4 is 5.82 Å². The van der Waals surface area contributed by atoms with Crippen LogP contribution in [0.1, 0.15) is 6.92 Å². The third-order valence-corrected chi connectivity index (χ3v) is 1.92. The Balaban J connectivity index is 2.31. The zero-order chi connectivity index (χ0) is 12.3. The van der Waals surface area contributed by atoms with E-state index < -0.39 is 4.92 Å². The third kappa shape index (κ3) is 2.36. The molecular formula is C9H9N5O3. The predicted octanol–water partition coefficient (Wildman–Crippen LogP) is 0.969. The van der Waals surface area contributed by atoms with Crippen LogP contribution in [-0.4, -0.2) is 31.3 Å². The van der Waals surface area contributed by atoms with Gasteiger partial charge in [-0.15, -0.1) is 4.68 Å². The van der Waals surface area contributed by atoms with Crippen molar-refractivity contribution in [2.45, 2.75) is 6.92 Å². The van der Waals surface area contributed by atoms with E-state index >= 15 is 0 Å². The van der Waals surface area contributed by atoms with E-state index in [9.17, 15) is 10.1 Å². The lowest BCUT2D eigenvalue weighted by molar-refractivity contribution is -0.389. The molecule has 0 saturated heterocycles. The average Bonchev–Trinajstić information content (AvgIpc) is 2.79. The summed E-state index contributed by atoms with van der Waals surface area (Å²) in [5, 5.41) is 14.2. The van der Waals surface area contributed by atoms with Gasteiger partial charge in [-0.1, -0.05) is 0 Å². The smallest absolute Gasteiger partial charge is 0.390 e. The number of nitrogens with zero attached hydrogens (tertiary/aromatic N) is 5. The Hall–Kier alpha value is -2.51. The minimum atomic E-state index is -0.568. The van der Waals surface area contributed by atoms with E-state index in [1.807, 2.05) is 6.92 Å². The first kappa shape index (κ1) is 11.0. The van der Waals surface area contributed by atoms with Crippen LogP contribution in [-0.2, 0) is 0 Å². The molecule has 0 bridgehead atoms. The van der Waals surface area contributed by atoms with Gasteiger partial charge in [0.1, 0.15) is 6.33 Å². The first-order valence-corrected chi connectivity index (χ1v) is 4.86. The summed E-state index contributed by atoms with van der Waals surface area (Å²) in [7, 11) is 0. The first-order chi connectivity index (χ1) is 8.20. The number of hydrogen-bond donors (Lipinski definition) is 0. The van der Waals surface area contributed by atoms with E-state index in [-0.39, 0.29) is 5.82 Å². The largest absolute Gasteiger partial charge is 0.478 e. The van der Waals surface area contributed by atoms with Gasteiger partial charge in [0.25, 0.3) is 0 Å². The summed E-state index contributed by atoms with van der Waals surface area (Å²) in [4.78, 5) is 17.8. The quantitative estimate of drug-likeness (QED) is 0.578. The van der Waals surface area contributed by atoms with Crippen molar-refractivity contribution in [3.8, 4) is 11.7 Å². The fraction of sp³-hybridized carbons (Fsp3) is 0.222. The zero-order valence-corrected chi connectivity index (χ0v) is 8.98. The van der Waals surface area contributed by atoms with Crippen LogP contribution in [0.2, 0.25) is 0 Å². The highest BCUT2D eigenvalue weighted by Gasteiger charge is 2.13. The van der Waals surface area contributed by atoms with Gasteiger partial charge in [-0.2, -0.15) is 0 Å². The molecule has 2 heterocycles. The molecule has 0 aliphatic rings. The molecule has 2 rings (SSSR count). The molecule has 0 aliphatic heterocycles. The Kier molecular flexibility index (Phi) is 2.95. The normalized spacial score (nSPS) is 10.2. The second kappa shape index (κ2) is 4.56. The van der Waals surface area contributed by atoms with E-state index in [0.717, 1.165) is 0 Å². The molecule has 0 aromatic carbocycles. The number of rotatable bonds is 4. The predicted molar refractivity (Wildman–Crippen MR) is 57.0 cm³/mol. The lowest BCUT2D eigenvalue weighted by atomic mass is 10.5. The van der Waals surface area contributed by atoms with Crippen molar-refractivity contribution in [3.63, 3.8) is 0 Å². The van der Waals surface area contributed by atoms with E-state index in [4.69, 9.17) is 4.74 Å². The highest BCUT2D eigenvalue weighted by Crippen LogP contribution is 2.13. The van der Waals surface area contributed by atoms with Gasteiger partial charge in [0.2, 0.25) is 5.88 Å². The minimum Gasteiger partial charge on any atom is -0.478 e. The summed E-state index contributed by atoms with van der Waals surface area (Å²) < 4.78 is 6.49. The molecule has 88 valence electrons. The third-order valence-electron chi connectivity index (χ3n) is 1.92. The summed E-state index contributed by atoms with van der Waals surface area (Å²) in [6.07, 6.45) is 2.77. The number of hydrogen-bond acceptors (Lipinski definition) is 6. The maximum Gasteiger partial charge on any atom is 0.390 e. The second-order valence-electron chi connectivity index (χ2n) is 3.02. The first-order valence-electron chi connectivity index (χ1n) is 4.86. The van der Waals surface area contributed by atoms with E-state index in [0.29, 0.717) is 18.3 Å². The molecule has 0 radical (unpaired) electrons. The van der Waals surface area contributed by atoms with Crippen LogP contribution in [0.3, 0.4) is 0 Å². The average molecular weight is 235 g/mol. The van der Waals surface area contributed by atoms with Crippen LogP contribution < -0.4 is 4.74 Å². The van der Waals surface area contributed by atoms with Crippen LogP contribution >= 0.6 is 0 Å². The molecule has 0 saturated carbocycles. The van der Waals surface area contributed by atoms with Crippen molar-refractivity contribution in [1.29, 1.82) is 0 Å². The van der Waals surface area contributed by atoms with Gasteiger partial charge in [-0.05, 0) is 11.8 Å². The fourth-order valence-corrected chi connectivity index (χ4v) is 1.22. The summed E-state index contributed by atoms with van der Waals surface area (Å²) in [5.74, 6) is 0.578. The molecule has 17 heavy (non-hydrogen) atoms. The molecule has 8 nitrogen and oxygen atoms in total. The van der Waals surface area contributed by atoms with Gasteiger partial charge >= 0.3 is 5.82 Å². The van der Waals surface area contributed by atoms with E-state index in [2.05, 4.69) is 15.1 Å². The van der Waals surface area contributed by atoms with Gasteiger partial charge in [-0.25, -0.2) is 9.97 Å². The number of ether oxygens (including phenoxy) is 1. The lowest BCUT2D eigenvalue weighted by Crippen LogP contribution is -2.02. The maximum absolute atomic E-state index is 10.5. The van der Waals surface area contributed by atoms with Crippen LogP contribution in [0.25, 0.3) is 5.82 Å². The van der Waals surface area contributed by atoms with Crippen LogP contribution in [0.4, 0.5) is 5.82 Å². The van der Waals surface area contributed by atoms with Crippen molar-refractivity contribution < 1.29 is 9.66 Å². The topological polar surface area (TPSA) is 96.0 Å². The van der Waals surface area contributed by atoms with Crippen molar-refractivity contribution in [2.24, 2.45) is 0 Å². The van der Waals surface area contributed by atoms with Crippen LogP contribution in [0.5, 0.6) is 5.88 Å². The Labute approximate surface area is 96.0 Å². The maximum atomic E-state index is 10.5. The Morgan fingerprint density at radius 2 is 2.35 bits per heavy atom. The molecule has 0 spiro atoms. The molecule has 2 aromatic heterocycles. The van der Waals surface area contributed by atoms with Gasteiger partial charge in [0, 0.05) is 6.07 Å². The molecule has 0 atom stereocenters. The van der Waals surface area contributed by atoms with Crippen molar-refractivity contribution in [2.75, 3.05) is 6.61 Å². The molecule has 8 heteroatoms. The SMILES string of the molecule is CCOc1cc(-n2ccc([N+](=O)[O-])n2)ncn1. The molecule has 0 N–H and O–H groups in total. The number of aromatic nitrogens is 4. The van der Waals surface area contributed by atoms with Gasteiger partial charge in [-0.3, -0.25) is 0 Å². The van der Waals surface area contributed by atoms with Crippen LogP contribution in [0, 0.1) is 10.1 Å². The monoisotopic (exact) mass is 235 g/mol. The molecule has 0 aliphatic carbocycles. The summed E-state index contributed by atoms with van der Waals surface area (Å²) in [5.41, 5.74) is 0. The molecular weight excluding hydrogens is 226 g/mol. The molecule has 2 aromatic rings. The lowest BCUT2D eigenvalue weighted by Gasteiger charge is -2.01. The zero-order valence-electron chi connectivity index (χ0n) is 8.98.